The molecule has 1 saturated heterocycles. The van der Waals surface area contributed by atoms with Gasteiger partial charge < -0.3 is 4.90 Å². The minimum atomic E-state index is -3.05. The van der Waals surface area contributed by atoms with Crippen LogP contribution in [0.3, 0.4) is 0 Å². The lowest BCUT2D eigenvalue weighted by atomic mass is 10.1. The van der Waals surface area contributed by atoms with Gasteiger partial charge in [0, 0.05) is 5.69 Å². The third kappa shape index (κ3) is 2.99. The van der Waals surface area contributed by atoms with Crippen LogP contribution in [0.5, 0.6) is 0 Å². The molecule has 0 bridgehead atoms. The number of halogens is 1. The molecule has 20 heavy (non-hydrogen) atoms. The SMILES string of the molecule is Cc1cccc(C)c1N(C(=O)CCl)[C@@H]1CCS(=O)(=O)C1. The van der Waals surface area contributed by atoms with E-state index in [-0.39, 0.29) is 29.3 Å². The van der Waals surface area contributed by atoms with E-state index in [1.54, 1.807) is 4.90 Å². The third-order valence-electron chi connectivity index (χ3n) is 3.64. The number of anilines is 1. The summed E-state index contributed by atoms with van der Waals surface area (Å²) in [6, 6.07) is 5.44. The molecule has 6 heteroatoms. The van der Waals surface area contributed by atoms with E-state index in [1.165, 1.54) is 0 Å². The standard InChI is InChI=1S/C14H18ClNO3S/c1-10-4-3-5-11(2)14(10)16(13(17)8-15)12-6-7-20(18,19)9-12/h3-5,12H,6-9H2,1-2H3/t12-/m1/s1. The summed E-state index contributed by atoms with van der Waals surface area (Å²) >= 11 is 5.71. The summed E-state index contributed by atoms with van der Waals surface area (Å²) in [5, 5.41) is 0. The molecule has 1 aromatic rings. The van der Waals surface area contributed by atoms with Gasteiger partial charge in [-0.1, -0.05) is 18.2 Å². The Hall–Kier alpha value is -1.07. The van der Waals surface area contributed by atoms with Gasteiger partial charge in [0.25, 0.3) is 0 Å². The van der Waals surface area contributed by atoms with Crippen molar-refractivity contribution in [2.45, 2.75) is 26.3 Å². The number of aryl methyl sites for hydroxylation is 2. The quantitative estimate of drug-likeness (QED) is 0.802. The minimum Gasteiger partial charge on any atom is -0.307 e. The molecule has 1 heterocycles. The summed E-state index contributed by atoms with van der Waals surface area (Å²) in [5.41, 5.74) is 2.70. The molecule has 0 spiro atoms. The number of amides is 1. The number of nitrogens with zero attached hydrogens (tertiary/aromatic N) is 1. The zero-order valence-electron chi connectivity index (χ0n) is 11.6. The number of alkyl halides is 1. The Balaban J connectivity index is 2.46. The molecule has 2 rings (SSSR count). The fourth-order valence-electron chi connectivity index (χ4n) is 2.74. The maximum absolute atomic E-state index is 12.2. The molecule has 1 atom stereocenters. The van der Waals surface area contributed by atoms with Gasteiger partial charge in [-0.2, -0.15) is 0 Å². The predicted molar refractivity (Wildman–Crippen MR) is 81.2 cm³/mol. The van der Waals surface area contributed by atoms with Gasteiger partial charge in [-0.25, -0.2) is 8.42 Å². The van der Waals surface area contributed by atoms with Crippen molar-refractivity contribution in [2.24, 2.45) is 0 Å². The highest BCUT2D eigenvalue weighted by atomic mass is 35.5. The van der Waals surface area contributed by atoms with Crippen molar-refractivity contribution in [3.05, 3.63) is 29.3 Å². The number of hydrogen-bond donors (Lipinski definition) is 0. The Morgan fingerprint density at radius 3 is 2.40 bits per heavy atom. The van der Waals surface area contributed by atoms with Crippen LogP contribution in [0.2, 0.25) is 0 Å². The maximum Gasteiger partial charge on any atom is 0.242 e. The second kappa shape index (κ2) is 5.74. The highest BCUT2D eigenvalue weighted by Crippen LogP contribution is 2.30. The van der Waals surface area contributed by atoms with Crippen LogP contribution in [-0.4, -0.2) is 37.8 Å². The van der Waals surface area contributed by atoms with Crippen molar-refractivity contribution in [3.63, 3.8) is 0 Å². The summed E-state index contributed by atoms with van der Waals surface area (Å²) in [4.78, 5) is 13.8. The molecule has 1 amide bonds. The Morgan fingerprint density at radius 2 is 1.95 bits per heavy atom. The van der Waals surface area contributed by atoms with Gasteiger partial charge in [-0.15, -0.1) is 11.6 Å². The van der Waals surface area contributed by atoms with Gasteiger partial charge in [-0.3, -0.25) is 4.79 Å². The van der Waals surface area contributed by atoms with E-state index in [9.17, 15) is 13.2 Å². The lowest BCUT2D eigenvalue weighted by Gasteiger charge is -2.30. The summed E-state index contributed by atoms with van der Waals surface area (Å²) in [6.07, 6.45) is 0.471. The largest absolute Gasteiger partial charge is 0.307 e. The van der Waals surface area contributed by atoms with E-state index in [0.717, 1.165) is 16.8 Å². The van der Waals surface area contributed by atoms with Crippen LogP contribution in [0.15, 0.2) is 18.2 Å². The Labute approximate surface area is 124 Å². The zero-order valence-corrected chi connectivity index (χ0v) is 13.2. The van der Waals surface area contributed by atoms with Gasteiger partial charge in [0.15, 0.2) is 9.84 Å². The first-order valence-corrected chi connectivity index (χ1v) is 8.86. The smallest absolute Gasteiger partial charge is 0.242 e. The van der Waals surface area contributed by atoms with E-state index in [4.69, 9.17) is 11.6 Å². The normalized spacial score (nSPS) is 20.9. The number of carbonyl (C=O) groups excluding carboxylic acids is 1. The molecule has 1 aliphatic rings. The van der Waals surface area contributed by atoms with Crippen molar-refractivity contribution in [3.8, 4) is 0 Å². The number of para-hydroxylation sites is 1. The number of carbonyl (C=O) groups is 1. The van der Waals surface area contributed by atoms with E-state index < -0.39 is 9.84 Å². The molecule has 0 radical (unpaired) electrons. The lowest BCUT2D eigenvalue weighted by molar-refractivity contribution is -0.116. The second-order valence-corrected chi connectivity index (χ2v) is 7.69. The highest BCUT2D eigenvalue weighted by Gasteiger charge is 2.36. The van der Waals surface area contributed by atoms with Crippen molar-refractivity contribution in [2.75, 3.05) is 22.3 Å². The van der Waals surface area contributed by atoms with Crippen molar-refractivity contribution in [1.29, 1.82) is 0 Å². The molecule has 4 nitrogen and oxygen atoms in total. The van der Waals surface area contributed by atoms with Gasteiger partial charge in [0.2, 0.25) is 5.91 Å². The summed E-state index contributed by atoms with van der Waals surface area (Å²) in [5.74, 6) is -0.242. The first kappa shape index (κ1) is 15.3. The average Bonchev–Trinajstić information content (AvgIpc) is 2.73. The second-order valence-electron chi connectivity index (χ2n) is 5.19. The van der Waals surface area contributed by atoms with Crippen LogP contribution in [0, 0.1) is 13.8 Å². The van der Waals surface area contributed by atoms with Gasteiger partial charge in [-0.05, 0) is 31.4 Å². The summed E-state index contributed by atoms with van der Waals surface area (Å²) < 4.78 is 23.4. The molecule has 1 fully saturated rings. The Morgan fingerprint density at radius 1 is 1.35 bits per heavy atom. The Bertz CT molecular complexity index is 607. The molecule has 0 aromatic heterocycles. The Kier molecular flexibility index (Phi) is 4.39. The highest BCUT2D eigenvalue weighted by molar-refractivity contribution is 7.91. The fraction of sp³-hybridized carbons (Fsp3) is 0.500. The molecule has 1 aliphatic heterocycles. The first-order chi connectivity index (χ1) is 9.35. The van der Waals surface area contributed by atoms with Crippen LogP contribution < -0.4 is 4.90 Å². The monoisotopic (exact) mass is 315 g/mol. The molecule has 0 N–H and O–H groups in total. The van der Waals surface area contributed by atoms with Gasteiger partial charge >= 0.3 is 0 Å². The first-order valence-electron chi connectivity index (χ1n) is 6.50. The van der Waals surface area contributed by atoms with Crippen molar-refractivity contribution < 1.29 is 13.2 Å². The fourth-order valence-corrected chi connectivity index (χ4v) is 4.57. The van der Waals surface area contributed by atoms with Crippen LogP contribution in [0.1, 0.15) is 17.5 Å². The maximum atomic E-state index is 12.2. The average molecular weight is 316 g/mol. The number of benzene rings is 1. The predicted octanol–water partition coefficient (Wildman–Crippen LogP) is 2.06. The zero-order chi connectivity index (χ0) is 14.9. The van der Waals surface area contributed by atoms with Gasteiger partial charge in [0.1, 0.15) is 5.88 Å². The molecule has 0 saturated carbocycles. The van der Waals surface area contributed by atoms with Gasteiger partial charge in [0.05, 0.1) is 17.5 Å². The van der Waals surface area contributed by atoms with Crippen LogP contribution in [0.4, 0.5) is 5.69 Å². The summed E-state index contributed by atoms with van der Waals surface area (Å²) in [7, 11) is -3.05. The molecule has 1 aromatic carbocycles. The molecule has 0 aliphatic carbocycles. The number of sulfone groups is 1. The summed E-state index contributed by atoms with van der Waals surface area (Å²) in [6.45, 7) is 3.83. The van der Waals surface area contributed by atoms with E-state index in [1.807, 2.05) is 32.0 Å². The van der Waals surface area contributed by atoms with Crippen molar-refractivity contribution in [1.82, 2.24) is 0 Å². The van der Waals surface area contributed by atoms with E-state index >= 15 is 0 Å². The van der Waals surface area contributed by atoms with Crippen LogP contribution in [0.25, 0.3) is 0 Å². The van der Waals surface area contributed by atoms with Crippen LogP contribution in [-0.2, 0) is 14.6 Å². The van der Waals surface area contributed by atoms with Crippen molar-refractivity contribution >= 4 is 33.0 Å². The van der Waals surface area contributed by atoms with Crippen LogP contribution >= 0.6 is 11.6 Å². The molecular formula is C14H18ClNO3S. The topological polar surface area (TPSA) is 54.5 Å². The number of hydrogen-bond acceptors (Lipinski definition) is 3. The lowest BCUT2D eigenvalue weighted by Crippen LogP contribution is -2.43. The molecule has 0 unspecified atom stereocenters. The number of rotatable bonds is 3. The van der Waals surface area contributed by atoms with E-state index in [2.05, 4.69) is 0 Å². The van der Waals surface area contributed by atoms with E-state index in [0.29, 0.717) is 6.42 Å². The molecular weight excluding hydrogens is 298 g/mol. The third-order valence-corrected chi connectivity index (χ3v) is 5.62. The minimum absolute atomic E-state index is 0.0173. The molecule has 110 valence electrons.